The van der Waals surface area contributed by atoms with E-state index in [-0.39, 0.29) is 78.0 Å². The van der Waals surface area contributed by atoms with Crippen LogP contribution in [0.4, 0.5) is 0 Å². The molecule has 0 aromatic rings. The molecule has 8 amide bonds. The number of amides is 8. The molecule has 0 atom stereocenters. The average Bonchev–Trinajstić information content (AvgIpc) is 3.50. The number of hydrogen-bond donors (Lipinski definition) is 0. The van der Waals surface area contributed by atoms with Crippen molar-refractivity contribution in [3.8, 4) is 0 Å². The fourth-order valence-electron chi connectivity index (χ4n) is 2.75. The van der Waals surface area contributed by atoms with Crippen LogP contribution in [-0.4, -0.2) is 103 Å². The maximum Gasteiger partial charge on any atom is 0.229 e. The predicted molar refractivity (Wildman–Crippen MR) is 145 cm³/mol. The van der Waals surface area contributed by atoms with Crippen molar-refractivity contribution in [2.45, 2.75) is 87.5 Å². The number of rotatable bonds is 0. The monoisotopic (exact) mass is 541 g/mol. The minimum absolute atomic E-state index is 0. The molecule has 0 unspecified atom stereocenters. The van der Waals surface area contributed by atoms with E-state index < -0.39 is 0 Å². The molecule has 3 radical (unpaired) electrons. The first-order valence-electron chi connectivity index (χ1n) is 11.0. The Hall–Kier alpha value is -3.38. The molecular formula is C25H46BN4O8. The van der Waals surface area contributed by atoms with Gasteiger partial charge in [-0.1, -0.05) is 36.1 Å². The van der Waals surface area contributed by atoms with Crippen molar-refractivity contribution >= 4 is 55.7 Å². The van der Waals surface area contributed by atoms with Gasteiger partial charge < -0.3 is 0 Å². The predicted octanol–water partition coefficient (Wildman–Crippen LogP) is 1.61. The fourth-order valence-corrected chi connectivity index (χ4v) is 2.75. The third-order valence-corrected chi connectivity index (χ3v) is 5.20. The lowest BCUT2D eigenvalue weighted by Crippen LogP contribution is -2.23. The molecule has 13 heteroatoms. The Morgan fingerprint density at radius 3 is 0.447 bits per heavy atom. The van der Waals surface area contributed by atoms with Gasteiger partial charge in [0, 0.05) is 88.0 Å². The van der Waals surface area contributed by atoms with E-state index in [0.717, 1.165) is 0 Å². The van der Waals surface area contributed by atoms with Gasteiger partial charge in [-0.05, 0) is 0 Å². The van der Waals surface area contributed by atoms with E-state index in [1.165, 1.54) is 47.8 Å². The summed E-state index contributed by atoms with van der Waals surface area (Å²) >= 11 is 0. The molecular weight excluding hydrogens is 495 g/mol. The SMILES string of the molecule is C.C.C.CC.CN1C(=O)CCC1=O.CN1C(=O)CCC1=O.CN1C(=O)CCC1=O.CN1C(=O)CCC1=O.[B]. The number of nitrogens with zero attached hydrogens (tertiary/aromatic N) is 4. The zero-order valence-corrected chi connectivity index (χ0v) is 21.3. The Labute approximate surface area is 229 Å². The Bertz CT molecular complexity index is 647. The highest BCUT2D eigenvalue weighted by Crippen LogP contribution is 2.09. The lowest BCUT2D eigenvalue weighted by Gasteiger charge is -2.01. The van der Waals surface area contributed by atoms with E-state index >= 15 is 0 Å². The summed E-state index contributed by atoms with van der Waals surface area (Å²) in [5.74, 6) is -0.481. The molecule has 4 saturated heterocycles. The number of likely N-dealkylation sites (tertiary alicyclic amines) is 4. The molecule has 0 aliphatic carbocycles. The first-order valence-corrected chi connectivity index (χ1v) is 11.0. The van der Waals surface area contributed by atoms with Gasteiger partial charge in [-0.2, -0.15) is 0 Å². The van der Waals surface area contributed by atoms with Crippen LogP contribution in [0.5, 0.6) is 0 Å². The number of carbonyl (C=O) groups excluding carboxylic acids is 8. The van der Waals surface area contributed by atoms with Gasteiger partial charge in [-0.25, -0.2) is 0 Å². The summed E-state index contributed by atoms with van der Waals surface area (Å²) < 4.78 is 0. The molecule has 0 aromatic heterocycles. The maximum atomic E-state index is 10.5. The van der Waals surface area contributed by atoms with Crippen LogP contribution in [0.15, 0.2) is 0 Å². The Kier molecular flexibility index (Phi) is 25.5. The molecule has 0 saturated carbocycles. The quantitative estimate of drug-likeness (QED) is 0.332. The highest BCUT2D eigenvalue weighted by molar-refractivity contribution is 6.03. The maximum absolute atomic E-state index is 10.5. The zero-order chi connectivity index (χ0) is 26.6. The summed E-state index contributed by atoms with van der Waals surface area (Å²) in [6, 6.07) is 0. The second-order valence-corrected chi connectivity index (χ2v) is 7.39. The smallest absolute Gasteiger partial charge is 0.229 e. The zero-order valence-electron chi connectivity index (χ0n) is 21.3. The summed E-state index contributed by atoms with van der Waals surface area (Å²) in [7, 11) is 6.05. The largest absolute Gasteiger partial charge is 0.286 e. The van der Waals surface area contributed by atoms with E-state index in [1.54, 1.807) is 0 Å². The van der Waals surface area contributed by atoms with Crippen molar-refractivity contribution in [3.05, 3.63) is 0 Å². The third kappa shape index (κ3) is 13.8. The van der Waals surface area contributed by atoms with Gasteiger partial charge in [0.25, 0.3) is 0 Å². The van der Waals surface area contributed by atoms with Crippen LogP contribution >= 0.6 is 0 Å². The normalized spacial score (nSPS) is 17.3. The lowest BCUT2D eigenvalue weighted by atomic mass is 10.4. The fraction of sp³-hybridized carbons (Fsp3) is 0.680. The van der Waals surface area contributed by atoms with E-state index in [0.29, 0.717) is 51.4 Å². The van der Waals surface area contributed by atoms with E-state index in [1.807, 2.05) is 13.8 Å². The highest BCUT2D eigenvalue weighted by Gasteiger charge is 2.26. The van der Waals surface area contributed by atoms with Gasteiger partial charge in [0.05, 0.1) is 0 Å². The van der Waals surface area contributed by atoms with Crippen LogP contribution < -0.4 is 0 Å². The molecule has 0 spiro atoms. The summed E-state index contributed by atoms with van der Waals surface area (Å²) in [6.45, 7) is 4.00. The summed E-state index contributed by atoms with van der Waals surface area (Å²) in [5.41, 5.74) is 0. The lowest BCUT2D eigenvalue weighted by molar-refractivity contribution is -0.138. The molecule has 0 N–H and O–H groups in total. The van der Waals surface area contributed by atoms with Crippen molar-refractivity contribution in [1.29, 1.82) is 0 Å². The minimum Gasteiger partial charge on any atom is -0.286 e. The van der Waals surface area contributed by atoms with Crippen LogP contribution in [0, 0.1) is 0 Å². The molecule has 12 nitrogen and oxygen atoms in total. The van der Waals surface area contributed by atoms with Gasteiger partial charge >= 0.3 is 0 Å². The van der Waals surface area contributed by atoms with E-state index in [9.17, 15) is 38.4 Å². The molecule has 4 fully saturated rings. The van der Waals surface area contributed by atoms with Gasteiger partial charge in [0.2, 0.25) is 47.3 Å². The summed E-state index contributed by atoms with van der Waals surface area (Å²) in [6.07, 6.45) is 3.19. The van der Waals surface area contributed by atoms with Crippen LogP contribution in [0.3, 0.4) is 0 Å². The first-order chi connectivity index (χ1) is 15.9. The van der Waals surface area contributed by atoms with Gasteiger partial charge in [0.15, 0.2) is 0 Å². The molecule has 217 valence electrons. The summed E-state index contributed by atoms with van der Waals surface area (Å²) in [4.78, 5) is 88.6. The molecule has 4 rings (SSSR count). The number of hydrogen-bond acceptors (Lipinski definition) is 8. The molecule has 38 heavy (non-hydrogen) atoms. The highest BCUT2D eigenvalue weighted by atomic mass is 16.2. The second kappa shape index (κ2) is 21.7. The third-order valence-electron chi connectivity index (χ3n) is 5.20. The standard InChI is InChI=1S/4C5H7NO2.C2H6.3CH4.B/c4*1-6-4(7)2-3-5(6)8;1-2;;;;/h4*2-3H2,1H3;1-2H3;3*1H4;. The molecule has 0 bridgehead atoms. The molecule has 4 aliphatic rings. The topological polar surface area (TPSA) is 150 Å². The van der Waals surface area contributed by atoms with Crippen molar-refractivity contribution < 1.29 is 38.4 Å². The number of imide groups is 4. The minimum atomic E-state index is -0.0602. The van der Waals surface area contributed by atoms with Crippen molar-refractivity contribution in [1.82, 2.24) is 19.6 Å². The molecule has 0 aromatic carbocycles. The van der Waals surface area contributed by atoms with Crippen molar-refractivity contribution in [2.75, 3.05) is 28.2 Å². The molecule has 4 aliphatic heterocycles. The Morgan fingerprint density at radius 2 is 0.421 bits per heavy atom. The van der Waals surface area contributed by atoms with Crippen molar-refractivity contribution in [2.24, 2.45) is 0 Å². The van der Waals surface area contributed by atoms with Crippen LogP contribution in [0.2, 0.25) is 0 Å². The van der Waals surface area contributed by atoms with Crippen LogP contribution in [0.25, 0.3) is 0 Å². The van der Waals surface area contributed by atoms with Crippen LogP contribution in [0.1, 0.15) is 87.5 Å². The Balaban J connectivity index is -0.000000120. The summed E-state index contributed by atoms with van der Waals surface area (Å²) in [5, 5.41) is 0. The van der Waals surface area contributed by atoms with E-state index in [2.05, 4.69) is 0 Å². The van der Waals surface area contributed by atoms with Gasteiger partial charge in [-0.15, -0.1) is 0 Å². The second-order valence-electron chi connectivity index (χ2n) is 7.39. The van der Waals surface area contributed by atoms with Crippen LogP contribution in [-0.2, 0) is 38.4 Å². The average molecular weight is 541 g/mol. The van der Waals surface area contributed by atoms with Crippen molar-refractivity contribution in [3.63, 3.8) is 0 Å². The van der Waals surface area contributed by atoms with E-state index in [4.69, 9.17) is 0 Å². The number of carbonyl (C=O) groups is 8. The Morgan fingerprint density at radius 1 is 0.342 bits per heavy atom. The van der Waals surface area contributed by atoms with Gasteiger partial charge in [-0.3, -0.25) is 58.0 Å². The first kappa shape index (κ1) is 44.6. The van der Waals surface area contributed by atoms with Gasteiger partial charge in [0.1, 0.15) is 0 Å². The molecule has 4 heterocycles.